The number of esters is 1. The fraction of sp³-hybridized carbons (Fsp3) is 0.250. The van der Waals surface area contributed by atoms with E-state index in [1.54, 1.807) is 18.2 Å². The van der Waals surface area contributed by atoms with Crippen molar-refractivity contribution < 1.29 is 29.2 Å². The molecule has 0 aromatic heterocycles. The summed E-state index contributed by atoms with van der Waals surface area (Å²) in [4.78, 5) is 12.1. The Morgan fingerprint density at radius 1 is 1.27 bits per heavy atom. The highest BCUT2D eigenvalue weighted by Crippen LogP contribution is 2.28. The number of carbonyl (C=O) groups is 1. The first-order chi connectivity index (χ1) is 12.6. The summed E-state index contributed by atoms with van der Waals surface area (Å²) in [5.74, 6) is -0.828. The third-order valence-electron chi connectivity index (χ3n) is 3.65. The van der Waals surface area contributed by atoms with E-state index >= 15 is 0 Å². The Labute approximate surface area is 152 Å². The van der Waals surface area contributed by atoms with E-state index in [-0.39, 0.29) is 24.7 Å². The Hall–Kier alpha value is -2.83. The average molecular weight is 358 g/mol. The molecule has 1 aliphatic rings. The molecule has 0 fully saturated rings. The lowest BCUT2D eigenvalue weighted by atomic mass is 10.1. The minimum atomic E-state index is -1.31. The standard InChI is InChI=1S/C20H22O6/c1-3-8-14(4-2)12-25-19-18(17(16(22)11-21)26-20(19)23)24-13-15-9-6-5-7-10-15/h3-10,16-17,21-22H,1-2,11-13H2/b14-8+. The van der Waals surface area contributed by atoms with Gasteiger partial charge in [-0.2, -0.15) is 0 Å². The van der Waals surface area contributed by atoms with E-state index in [9.17, 15) is 15.0 Å². The van der Waals surface area contributed by atoms with Gasteiger partial charge in [0.05, 0.1) is 6.61 Å². The third-order valence-corrected chi connectivity index (χ3v) is 3.65. The summed E-state index contributed by atoms with van der Waals surface area (Å²) >= 11 is 0. The fourth-order valence-electron chi connectivity index (χ4n) is 2.30. The second kappa shape index (κ2) is 9.60. The second-order valence-electron chi connectivity index (χ2n) is 5.51. The first-order valence-electron chi connectivity index (χ1n) is 8.08. The molecule has 1 aromatic rings. The molecule has 6 nitrogen and oxygen atoms in total. The maximum absolute atomic E-state index is 12.1. The molecule has 0 radical (unpaired) electrons. The molecule has 1 aromatic carbocycles. The zero-order valence-electron chi connectivity index (χ0n) is 14.3. The van der Waals surface area contributed by atoms with Crippen LogP contribution in [-0.4, -0.2) is 41.6 Å². The van der Waals surface area contributed by atoms with Crippen molar-refractivity contribution in [2.75, 3.05) is 13.2 Å². The molecular weight excluding hydrogens is 336 g/mol. The minimum Gasteiger partial charge on any atom is -0.485 e. The van der Waals surface area contributed by atoms with Gasteiger partial charge in [0.15, 0.2) is 11.9 Å². The Morgan fingerprint density at radius 2 is 2.00 bits per heavy atom. The molecular formula is C20H22O6. The summed E-state index contributed by atoms with van der Waals surface area (Å²) < 4.78 is 16.4. The molecule has 138 valence electrons. The Kier molecular flexibility index (Phi) is 7.20. The fourth-order valence-corrected chi connectivity index (χ4v) is 2.30. The van der Waals surface area contributed by atoms with Crippen LogP contribution in [-0.2, 0) is 25.6 Å². The Balaban J connectivity index is 2.22. The number of aliphatic hydroxyl groups excluding tert-OH is 2. The van der Waals surface area contributed by atoms with Gasteiger partial charge >= 0.3 is 5.97 Å². The van der Waals surface area contributed by atoms with E-state index < -0.39 is 24.8 Å². The molecule has 2 rings (SSSR count). The van der Waals surface area contributed by atoms with Crippen LogP contribution < -0.4 is 0 Å². The monoisotopic (exact) mass is 358 g/mol. The molecule has 0 amide bonds. The number of aliphatic hydroxyl groups is 2. The van der Waals surface area contributed by atoms with Gasteiger partial charge in [-0.15, -0.1) is 0 Å². The number of allylic oxidation sites excluding steroid dienone is 2. The summed E-state index contributed by atoms with van der Waals surface area (Å²) in [5.41, 5.74) is 1.57. The molecule has 2 N–H and O–H groups in total. The molecule has 26 heavy (non-hydrogen) atoms. The second-order valence-corrected chi connectivity index (χ2v) is 5.51. The van der Waals surface area contributed by atoms with Gasteiger partial charge in [0.25, 0.3) is 0 Å². The number of hydrogen-bond acceptors (Lipinski definition) is 6. The van der Waals surface area contributed by atoms with Gasteiger partial charge in [-0.1, -0.05) is 61.7 Å². The number of carbonyl (C=O) groups excluding carboxylic acids is 1. The van der Waals surface area contributed by atoms with E-state index in [4.69, 9.17) is 14.2 Å². The topological polar surface area (TPSA) is 85.2 Å². The summed E-state index contributed by atoms with van der Waals surface area (Å²) in [6.45, 7) is 6.89. The van der Waals surface area contributed by atoms with Crippen LogP contribution >= 0.6 is 0 Å². The summed E-state index contributed by atoms with van der Waals surface area (Å²) in [5, 5.41) is 19.1. The van der Waals surface area contributed by atoms with Crippen molar-refractivity contribution in [2.24, 2.45) is 0 Å². The molecule has 2 unspecified atom stereocenters. The van der Waals surface area contributed by atoms with Gasteiger partial charge in [0, 0.05) is 0 Å². The highest BCUT2D eigenvalue weighted by atomic mass is 16.6. The Bertz CT molecular complexity index is 704. The molecule has 0 spiro atoms. The van der Waals surface area contributed by atoms with Crippen LogP contribution in [0.2, 0.25) is 0 Å². The van der Waals surface area contributed by atoms with Crippen LogP contribution in [0.3, 0.4) is 0 Å². The van der Waals surface area contributed by atoms with Gasteiger partial charge in [-0.3, -0.25) is 0 Å². The maximum atomic E-state index is 12.1. The lowest BCUT2D eigenvalue weighted by molar-refractivity contribution is -0.148. The van der Waals surface area contributed by atoms with Crippen molar-refractivity contribution >= 4 is 5.97 Å². The summed E-state index contributed by atoms with van der Waals surface area (Å²) in [6.07, 6.45) is 2.41. The van der Waals surface area contributed by atoms with Gasteiger partial charge in [-0.05, 0) is 11.1 Å². The van der Waals surface area contributed by atoms with Crippen molar-refractivity contribution in [1.29, 1.82) is 0 Å². The summed E-state index contributed by atoms with van der Waals surface area (Å²) in [6, 6.07) is 9.31. The van der Waals surface area contributed by atoms with Crippen molar-refractivity contribution in [2.45, 2.75) is 18.8 Å². The van der Waals surface area contributed by atoms with Crippen molar-refractivity contribution in [3.8, 4) is 0 Å². The van der Waals surface area contributed by atoms with Crippen LogP contribution in [0.1, 0.15) is 5.56 Å². The number of rotatable bonds is 10. The Morgan fingerprint density at radius 3 is 2.62 bits per heavy atom. The van der Waals surface area contributed by atoms with Crippen molar-refractivity contribution in [3.05, 3.63) is 84.4 Å². The lowest BCUT2D eigenvalue weighted by Gasteiger charge is -2.18. The predicted octanol–water partition coefficient (Wildman–Crippen LogP) is 2.01. The summed E-state index contributed by atoms with van der Waals surface area (Å²) in [7, 11) is 0. The van der Waals surface area contributed by atoms with Crippen LogP contribution in [0, 0.1) is 0 Å². The van der Waals surface area contributed by atoms with Gasteiger partial charge in [0.1, 0.15) is 19.3 Å². The molecule has 0 bridgehead atoms. The van der Waals surface area contributed by atoms with Crippen LogP contribution in [0.4, 0.5) is 0 Å². The minimum absolute atomic E-state index is 0.0556. The van der Waals surface area contributed by atoms with Crippen LogP contribution in [0.25, 0.3) is 0 Å². The first-order valence-corrected chi connectivity index (χ1v) is 8.08. The van der Waals surface area contributed by atoms with E-state index in [0.29, 0.717) is 5.57 Å². The SMILES string of the molecule is C=C/C=C(\C=C)COC1=C(OCc2ccccc2)C(C(O)CO)OC1=O. The lowest BCUT2D eigenvalue weighted by Crippen LogP contribution is -2.32. The normalized spacial score (nSPS) is 18.3. The largest absolute Gasteiger partial charge is 0.485 e. The van der Waals surface area contributed by atoms with E-state index in [2.05, 4.69) is 13.2 Å². The molecule has 0 saturated carbocycles. The van der Waals surface area contributed by atoms with Gasteiger partial charge in [0.2, 0.25) is 5.76 Å². The quantitative estimate of drug-likeness (QED) is 0.492. The maximum Gasteiger partial charge on any atom is 0.378 e. The predicted molar refractivity (Wildman–Crippen MR) is 95.7 cm³/mol. The number of cyclic esters (lactones) is 1. The zero-order chi connectivity index (χ0) is 18.9. The third kappa shape index (κ3) is 4.84. The van der Waals surface area contributed by atoms with E-state index in [1.165, 1.54) is 0 Å². The number of benzene rings is 1. The molecule has 1 heterocycles. The highest BCUT2D eigenvalue weighted by Gasteiger charge is 2.41. The molecule has 6 heteroatoms. The van der Waals surface area contributed by atoms with E-state index in [1.807, 2.05) is 30.3 Å². The van der Waals surface area contributed by atoms with Gasteiger partial charge in [-0.25, -0.2) is 4.79 Å². The van der Waals surface area contributed by atoms with Crippen molar-refractivity contribution in [1.82, 2.24) is 0 Å². The smallest absolute Gasteiger partial charge is 0.378 e. The average Bonchev–Trinajstić information content (AvgIpc) is 2.99. The van der Waals surface area contributed by atoms with Gasteiger partial charge < -0.3 is 24.4 Å². The van der Waals surface area contributed by atoms with E-state index in [0.717, 1.165) is 5.56 Å². The number of ether oxygens (including phenoxy) is 3. The molecule has 0 aliphatic carbocycles. The molecule has 1 aliphatic heterocycles. The van der Waals surface area contributed by atoms with Crippen LogP contribution in [0.5, 0.6) is 0 Å². The van der Waals surface area contributed by atoms with Crippen molar-refractivity contribution in [3.63, 3.8) is 0 Å². The van der Waals surface area contributed by atoms with Crippen LogP contribution in [0.15, 0.2) is 78.8 Å². The highest BCUT2D eigenvalue weighted by molar-refractivity contribution is 5.89. The first kappa shape index (κ1) is 19.5. The number of hydrogen-bond donors (Lipinski definition) is 2. The zero-order valence-corrected chi connectivity index (χ0v) is 14.3. The molecule has 0 saturated heterocycles. The molecule has 2 atom stereocenters.